The summed E-state index contributed by atoms with van der Waals surface area (Å²) in [6, 6.07) is 2.34. The minimum absolute atomic E-state index is 0.0214. The van der Waals surface area contributed by atoms with Gasteiger partial charge in [0.05, 0.1) is 17.6 Å². The molecule has 0 aromatic carbocycles. The fraction of sp³-hybridized carbons (Fsp3) is 0.769. The second-order valence-corrected chi connectivity index (χ2v) is 5.09. The van der Waals surface area contributed by atoms with Gasteiger partial charge in [-0.2, -0.15) is 5.26 Å². The molecule has 3 atom stereocenters. The number of allylic oxidation sites excluding steroid dienone is 1. The molecule has 15 heavy (non-hydrogen) atoms. The summed E-state index contributed by atoms with van der Waals surface area (Å²) < 4.78 is 0. The van der Waals surface area contributed by atoms with Crippen molar-refractivity contribution in [2.45, 2.75) is 51.6 Å². The average Bonchev–Trinajstić information content (AvgIpc) is 2.14. The molecule has 1 fully saturated rings. The van der Waals surface area contributed by atoms with Gasteiger partial charge in [-0.05, 0) is 46.0 Å². The van der Waals surface area contributed by atoms with Gasteiger partial charge in [0.2, 0.25) is 0 Å². The molecule has 3 unspecified atom stereocenters. The Labute approximate surface area is 92.6 Å². The van der Waals surface area contributed by atoms with Gasteiger partial charge in [0, 0.05) is 5.92 Å². The Bertz CT molecular complexity index is 275. The molecule has 1 N–H and O–H groups in total. The standard InChI is InChI=1S/C13H21NO/c1-10(2)6-7-12-11(9-14)5-4-8-13(12,3)15/h11-12,15H,1,4-8H2,2-3H3. The molecule has 0 radical (unpaired) electrons. The van der Waals surface area contributed by atoms with Crippen LogP contribution in [0.15, 0.2) is 12.2 Å². The molecule has 2 heteroatoms. The maximum Gasteiger partial charge on any atom is 0.0660 e. The molecule has 0 aromatic rings. The molecule has 2 nitrogen and oxygen atoms in total. The van der Waals surface area contributed by atoms with E-state index in [-0.39, 0.29) is 11.8 Å². The van der Waals surface area contributed by atoms with E-state index in [9.17, 15) is 5.11 Å². The van der Waals surface area contributed by atoms with Crippen molar-refractivity contribution in [2.75, 3.05) is 0 Å². The minimum atomic E-state index is -0.659. The van der Waals surface area contributed by atoms with Gasteiger partial charge >= 0.3 is 0 Å². The van der Waals surface area contributed by atoms with E-state index in [1.807, 2.05) is 13.8 Å². The summed E-state index contributed by atoms with van der Waals surface area (Å²) in [5.41, 5.74) is 0.474. The maximum absolute atomic E-state index is 10.3. The molecular formula is C13H21NO. The van der Waals surface area contributed by atoms with Crippen molar-refractivity contribution in [1.29, 1.82) is 5.26 Å². The van der Waals surface area contributed by atoms with E-state index in [1.165, 1.54) is 0 Å². The molecule has 1 aliphatic rings. The van der Waals surface area contributed by atoms with Gasteiger partial charge < -0.3 is 5.11 Å². The maximum atomic E-state index is 10.3. The highest BCUT2D eigenvalue weighted by molar-refractivity contribution is 5.01. The summed E-state index contributed by atoms with van der Waals surface area (Å²) in [4.78, 5) is 0. The Morgan fingerprint density at radius 3 is 2.87 bits per heavy atom. The summed E-state index contributed by atoms with van der Waals surface area (Å²) in [5.74, 6) is 0.140. The second kappa shape index (κ2) is 4.81. The molecule has 0 aromatic heterocycles. The predicted molar refractivity (Wildman–Crippen MR) is 61.1 cm³/mol. The van der Waals surface area contributed by atoms with Gasteiger partial charge in [-0.15, -0.1) is 6.58 Å². The molecule has 0 spiro atoms. The van der Waals surface area contributed by atoms with Crippen molar-refractivity contribution < 1.29 is 5.11 Å². The number of rotatable bonds is 3. The second-order valence-electron chi connectivity index (χ2n) is 5.09. The third kappa shape index (κ3) is 3.07. The van der Waals surface area contributed by atoms with E-state index >= 15 is 0 Å². The zero-order valence-corrected chi connectivity index (χ0v) is 9.79. The van der Waals surface area contributed by atoms with Gasteiger partial charge in [-0.3, -0.25) is 0 Å². The van der Waals surface area contributed by atoms with Gasteiger partial charge in [-0.25, -0.2) is 0 Å². The largest absolute Gasteiger partial charge is 0.390 e. The first-order valence-electron chi connectivity index (χ1n) is 5.74. The summed E-state index contributed by atoms with van der Waals surface area (Å²) in [7, 11) is 0. The monoisotopic (exact) mass is 207 g/mol. The number of nitriles is 1. The van der Waals surface area contributed by atoms with Gasteiger partial charge in [0.25, 0.3) is 0 Å². The van der Waals surface area contributed by atoms with Crippen LogP contribution in [0.25, 0.3) is 0 Å². The summed E-state index contributed by atoms with van der Waals surface area (Å²) in [6.45, 7) is 7.75. The van der Waals surface area contributed by atoms with Crippen LogP contribution in [-0.2, 0) is 0 Å². The SMILES string of the molecule is C=C(C)CCC1C(C#N)CCCC1(C)O. The first-order valence-corrected chi connectivity index (χ1v) is 5.74. The van der Waals surface area contributed by atoms with Crippen molar-refractivity contribution in [3.05, 3.63) is 12.2 Å². The Morgan fingerprint density at radius 1 is 1.67 bits per heavy atom. The molecule has 84 valence electrons. The topological polar surface area (TPSA) is 44.0 Å². The van der Waals surface area contributed by atoms with Crippen LogP contribution in [0.4, 0.5) is 0 Å². The number of aliphatic hydroxyl groups is 1. The lowest BCUT2D eigenvalue weighted by Crippen LogP contribution is -2.42. The highest BCUT2D eigenvalue weighted by Crippen LogP contribution is 2.40. The van der Waals surface area contributed by atoms with E-state index in [0.29, 0.717) is 0 Å². The number of nitrogens with zero attached hydrogens (tertiary/aromatic N) is 1. The Morgan fingerprint density at radius 2 is 2.33 bits per heavy atom. The van der Waals surface area contributed by atoms with Gasteiger partial charge in [-0.1, -0.05) is 5.57 Å². The lowest BCUT2D eigenvalue weighted by molar-refractivity contribution is -0.0506. The Kier molecular flexibility index (Phi) is 3.93. The molecule has 0 heterocycles. The molecule has 0 aliphatic heterocycles. The quantitative estimate of drug-likeness (QED) is 0.723. The molecule has 0 bridgehead atoms. The van der Waals surface area contributed by atoms with Crippen LogP contribution < -0.4 is 0 Å². The number of hydrogen-bond donors (Lipinski definition) is 1. The molecule has 1 rings (SSSR count). The third-order valence-corrected chi connectivity index (χ3v) is 3.53. The predicted octanol–water partition coefficient (Wildman–Crippen LogP) is 3.03. The van der Waals surface area contributed by atoms with E-state index in [2.05, 4.69) is 12.6 Å². The van der Waals surface area contributed by atoms with Gasteiger partial charge in [0.15, 0.2) is 0 Å². The highest BCUT2D eigenvalue weighted by atomic mass is 16.3. The van der Waals surface area contributed by atoms with E-state index in [1.54, 1.807) is 0 Å². The normalized spacial score (nSPS) is 35.9. The van der Waals surface area contributed by atoms with Crippen LogP contribution >= 0.6 is 0 Å². The van der Waals surface area contributed by atoms with Gasteiger partial charge in [0.1, 0.15) is 0 Å². The van der Waals surface area contributed by atoms with Crippen LogP contribution in [0.2, 0.25) is 0 Å². The fourth-order valence-electron chi connectivity index (χ4n) is 2.57. The zero-order chi connectivity index (χ0) is 11.5. The molecule has 1 aliphatic carbocycles. The van der Waals surface area contributed by atoms with E-state index in [4.69, 9.17) is 5.26 Å². The first-order chi connectivity index (χ1) is 6.97. The van der Waals surface area contributed by atoms with Crippen molar-refractivity contribution >= 4 is 0 Å². The van der Waals surface area contributed by atoms with E-state index in [0.717, 1.165) is 37.7 Å². The van der Waals surface area contributed by atoms with Crippen molar-refractivity contribution in [1.82, 2.24) is 0 Å². The molecule has 1 saturated carbocycles. The highest BCUT2D eigenvalue weighted by Gasteiger charge is 2.40. The van der Waals surface area contributed by atoms with Crippen LogP contribution in [0.5, 0.6) is 0 Å². The molecular weight excluding hydrogens is 186 g/mol. The summed E-state index contributed by atoms with van der Waals surface area (Å²) in [6.07, 6.45) is 4.54. The van der Waals surface area contributed by atoms with E-state index < -0.39 is 5.60 Å². The Hall–Kier alpha value is -0.810. The van der Waals surface area contributed by atoms with Crippen molar-refractivity contribution in [2.24, 2.45) is 11.8 Å². The van der Waals surface area contributed by atoms with Crippen molar-refractivity contribution in [3.63, 3.8) is 0 Å². The zero-order valence-electron chi connectivity index (χ0n) is 9.79. The third-order valence-electron chi connectivity index (χ3n) is 3.53. The molecule has 0 saturated heterocycles. The Balaban J connectivity index is 2.68. The average molecular weight is 207 g/mol. The smallest absolute Gasteiger partial charge is 0.0660 e. The lowest BCUT2D eigenvalue weighted by Gasteiger charge is -2.40. The first kappa shape index (κ1) is 12.3. The van der Waals surface area contributed by atoms with Crippen LogP contribution in [0, 0.1) is 23.2 Å². The van der Waals surface area contributed by atoms with Crippen LogP contribution in [0.1, 0.15) is 46.0 Å². The number of hydrogen-bond acceptors (Lipinski definition) is 2. The van der Waals surface area contributed by atoms with Crippen LogP contribution in [-0.4, -0.2) is 10.7 Å². The van der Waals surface area contributed by atoms with Crippen LogP contribution in [0.3, 0.4) is 0 Å². The van der Waals surface area contributed by atoms with Crippen molar-refractivity contribution in [3.8, 4) is 6.07 Å². The fourth-order valence-corrected chi connectivity index (χ4v) is 2.57. The summed E-state index contributed by atoms with van der Waals surface area (Å²) >= 11 is 0. The summed E-state index contributed by atoms with van der Waals surface area (Å²) in [5, 5.41) is 19.3. The minimum Gasteiger partial charge on any atom is -0.390 e. The molecule has 0 amide bonds. The lowest BCUT2D eigenvalue weighted by atomic mass is 9.68.